The summed E-state index contributed by atoms with van der Waals surface area (Å²) in [6.45, 7) is 12.3. The number of ether oxygens (including phenoxy) is 2. The van der Waals surface area contributed by atoms with Crippen LogP contribution in [-0.2, 0) is 6.42 Å². The minimum Gasteiger partial charge on any atom is -0.492 e. The zero-order valence-corrected chi connectivity index (χ0v) is 20.8. The number of hydrogen-bond acceptors (Lipinski definition) is 6. The quantitative estimate of drug-likeness (QED) is 0.501. The molecule has 0 saturated carbocycles. The molecule has 33 heavy (non-hydrogen) atoms. The van der Waals surface area contributed by atoms with Gasteiger partial charge in [0.25, 0.3) is 0 Å². The van der Waals surface area contributed by atoms with Crippen LogP contribution in [0, 0.1) is 0 Å². The van der Waals surface area contributed by atoms with Crippen molar-refractivity contribution in [1.82, 2.24) is 20.4 Å². The van der Waals surface area contributed by atoms with Crippen molar-refractivity contribution in [2.45, 2.75) is 6.42 Å². The van der Waals surface area contributed by atoms with Crippen LogP contribution in [0.1, 0.15) is 11.1 Å². The fourth-order valence-electron chi connectivity index (χ4n) is 4.80. The number of nitrogens with zero attached hydrogens (tertiary/aromatic N) is 2. The predicted octanol–water partition coefficient (Wildman–Crippen LogP) is 2.67. The molecule has 0 bridgehead atoms. The predicted molar refractivity (Wildman–Crippen MR) is 139 cm³/mol. The second-order valence-corrected chi connectivity index (χ2v) is 8.69. The van der Waals surface area contributed by atoms with E-state index in [2.05, 4.69) is 56.8 Å². The highest BCUT2D eigenvalue weighted by molar-refractivity contribution is 5.85. The Morgan fingerprint density at radius 3 is 1.48 bits per heavy atom. The first-order valence-corrected chi connectivity index (χ1v) is 11.7. The van der Waals surface area contributed by atoms with Crippen molar-refractivity contribution in [1.29, 1.82) is 0 Å². The molecule has 2 aromatic carbocycles. The van der Waals surface area contributed by atoms with Crippen LogP contribution in [0.2, 0.25) is 0 Å². The third-order valence-electron chi connectivity index (χ3n) is 6.60. The molecule has 8 heteroatoms. The topological polar surface area (TPSA) is 49.0 Å². The van der Waals surface area contributed by atoms with Crippen LogP contribution in [0.5, 0.6) is 11.5 Å². The minimum absolute atomic E-state index is 0. The van der Waals surface area contributed by atoms with E-state index in [0.717, 1.165) is 96.6 Å². The van der Waals surface area contributed by atoms with Crippen LogP contribution in [0.4, 0.5) is 0 Å². The van der Waals surface area contributed by atoms with Crippen LogP contribution in [0.3, 0.4) is 0 Å². The SMILES string of the molecule is Cl.Cl.c1cc2c(cc1OCCN1CCNCC1)Cc1cc(OCCN3CCNCC3)ccc1-2. The lowest BCUT2D eigenvalue weighted by molar-refractivity contribution is 0.191. The number of hydrogen-bond donors (Lipinski definition) is 2. The maximum absolute atomic E-state index is 6.07. The lowest BCUT2D eigenvalue weighted by Crippen LogP contribution is -2.44. The lowest BCUT2D eigenvalue weighted by atomic mass is 10.1. The fraction of sp³-hybridized carbons (Fsp3) is 0.520. The molecule has 0 atom stereocenters. The van der Waals surface area contributed by atoms with Crippen LogP contribution >= 0.6 is 24.8 Å². The van der Waals surface area contributed by atoms with Gasteiger partial charge in [0.2, 0.25) is 0 Å². The average Bonchev–Trinajstić information content (AvgIpc) is 3.17. The Morgan fingerprint density at radius 1 is 0.636 bits per heavy atom. The van der Waals surface area contributed by atoms with Crippen LogP contribution in [-0.4, -0.2) is 88.5 Å². The van der Waals surface area contributed by atoms with Gasteiger partial charge in [-0.3, -0.25) is 9.80 Å². The first kappa shape index (κ1) is 26.1. The van der Waals surface area contributed by atoms with Gasteiger partial charge in [-0.05, 0) is 52.9 Å². The highest BCUT2D eigenvalue weighted by Crippen LogP contribution is 2.39. The zero-order valence-electron chi connectivity index (χ0n) is 19.2. The summed E-state index contributed by atoms with van der Waals surface area (Å²) in [5, 5.41) is 6.79. The average molecular weight is 495 g/mol. The highest BCUT2D eigenvalue weighted by Gasteiger charge is 2.20. The van der Waals surface area contributed by atoms with E-state index in [1.54, 1.807) is 0 Å². The van der Waals surface area contributed by atoms with Crippen molar-refractivity contribution in [3.8, 4) is 22.6 Å². The molecule has 182 valence electrons. The van der Waals surface area contributed by atoms with Gasteiger partial charge in [-0.25, -0.2) is 0 Å². The van der Waals surface area contributed by atoms with Crippen molar-refractivity contribution in [2.24, 2.45) is 0 Å². The Morgan fingerprint density at radius 2 is 1.06 bits per heavy atom. The van der Waals surface area contributed by atoms with Crippen LogP contribution < -0.4 is 20.1 Å². The lowest BCUT2D eigenvalue weighted by Gasteiger charge is -2.26. The molecule has 0 unspecified atom stereocenters. The van der Waals surface area contributed by atoms with Gasteiger partial charge in [-0.15, -0.1) is 24.8 Å². The molecule has 3 aliphatic rings. The first-order valence-electron chi connectivity index (χ1n) is 11.7. The molecular formula is C25H36Cl2N4O2. The van der Waals surface area contributed by atoms with Gasteiger partial charge in [0.1, 0.15) is 24.7 Å². The van der Waals surface area contributed by atoms with Gasteiger partial charge in [0.15, 0.2) is 0 Å². The number of rotatable bonds is 8. The number of piperazine rings is 2. The molecule has 6 nitrogen and oxygen atoms in total. The number of nitrogens with one attached hydrogen (secondary N) is 2. The van der Waals surface area contributed by atoms with Crippen molar-refractivity contribution in [3.05, 3.63) is 47.5 Å². The summed E-state index contributed by atoms with van der Waals surface area (Å²) in [6, 6.07) is 13.1. The van der Waals surface area contributed by atoms with E-state index in [0.29, 0.717) is 0 Å². The van der Waals surface area contributed by atoms with Gasteiger partial charge in [-0.2, -0.15) is 0 Å². The summed E-state index contributed by atoms with van der Waals surface area (Å²) in [5.41, 5.74) is 5.37. The van der Waals surface area contributed by atoms with Crippen molar-refractivity contribution in [2.75, 3.05) is 78.7 Å². The second kappa shape index (κ2) is 12.8. The Labute approximate surface area is 209 Å². The number of fused-ring (bicyclic) bond motifs is 3. The first-order chi connectivity index (χ1) is 15.3. The molecule has 0 radical (unpaired) electrons. The fourth-order valence-corrected chi connectivity index (χ4v) is 4.80. The second-order valence-electron chi connectivity index (χ2n) is 8.69. The van der Waals surface area contributed by atoms with Crippen LogP contribution in [0.15, 0.2) is 36.4 Å². The molecule has 5 rings (SSSR count). The molecule has 2 aliphatic heterocycles. The summed E-state index contributed by atoms with van der Waals surface area (Å²) < 4.78 is 12.1. The molecule has 2 aromatic rings. The Kier molecular flexibility index (Phi) is 10.1. The third-order valence-corrected chi connectivity index (χ3v) is 6.60. The Balaban J connectivity index is 0.00000153. The molecule has 0 amide bonds. The molecular weight excluding hydrogens is 459 g/mol. The maximum atomic E-state index is 6.07. The summed E-state index contributed by atoms with van der Waals surface area (Å²) >= 11 is 0. The summed E-state index contributed by atoms with van der Waals surface area (Å²) in [4.78, 5) is 4.92. The highest BCUT2D eigenvalue weighted by atomic mass is 35.5. The summed E-state index contributed by atoms with van der Waals surface area (Å²) in [6.07, 6.45) is 0.953. The normalized spacial score (nSPS) is 17.9. The molecule has 0 aromatic heterocycles. The van der Waals surface area contributed by atoms with Crippen molar-refractivity contribution < 1.29 is 9.47 Å². The van der Waals surface area contributed by atoms with Gasteiger partial charge in [0, 0.05) is 65.4 Å². The van der Waals surface area contributed by atoms with E-state index in [-0.39, 0.29) is 24.8 Å². The van der Waals surface area contributed by atoms with Gasteiger partial charge < -0.3 is 20.1 Å². The smallest absolute Gasteiger partial charge is 0.119 e. The molecule has 1 aliphatic carbocycles. The van der Waals surface area contributed by atoms with Gasteiger partial charge in [-0.1, -0.05) is 12.1 Å². The van der Waals surface area contributed by atoms with Gasteiger partial charge >= 0.3 is 0 Å². The van der Waals surface area contributed by atoms with E-state index in [1.807, 2.05) is 0 Å². The van der Waals surface area contributed by atoms with E-state index >= 15 is 0 Å². The summed E-state index contributed by atoms with van der Waals surface area (Å²) in [7, 11) is 0. The number of halogens is 2. The van der Waals surface area contributed by atoms with Crippen LogP contribution in [0.25, 0.3) is 11.1 Å². The van der Waals surface area contributed by atoms with E-state index in [9.17, 15) is 0 Å². The van der Waals surface area contributed by atoms with Crippen molar-refractivity contribution >= 4 is 24.8 Å². The monoisotopic (exact) mass is 494 g/mol. The van der Waals surface area contributed by atoms with Crippen molar-refractivity contribution in [3.63, 3.8) is 0 Å². The number of benzene rings is 2. The Bertz CT molecular complexity index is 815. The largest absolute Gasteiger partial charge is 0.492 e. The maximum Gasteiger partial charge on any atom is 0.119 e. The molecule has 2 fully saturated rings. The minimum atomic E-state index is 0. The molecule has 2 saturated heterocycles. The molecule has 2 heterocycles. The molecule has 0 spiro atoms. The third kappa shape index (κ3) is 6.75. The standard InChI is InChI=1S/C25H34N4O2.2ClH/c1-3-24-20(18-22(1)30-15-13-28-9-5-26-6-10-28)17-21-19-23(2-4-25(21)24)31-16-14-29-11-7-27-8-12-29;;/h1-4,18-19,26-27H,5-17H2;2*1H. The van der Waals surface area contributed by atoms with E-state index < -0.39 is 0 Å². The molecule has 2 N–H and O–H groups in total. The summed E-state index contributed by atoms with van der Waals surface area (Å²) in [5.74, 6) is 1.96. The zero-order chi connectivity index (χ0) is 20.9. The van der Waals surface area contributed by atoms with E-state index in [1.165, 1.54) is 22.3 Å². The Hall–Kier alpha value is -1.54. The van der Waals surface area contributed by atoms with E-state index in [4.69, 9.17) is 9.47 Å². The van der Waals surface area contributed by atoms with Gasteiger partial charge in [0.05, 0.1) is 0 Å².